The van der Waals surface area contributed by atoms with Crippen LogP contribution >= 0.6 is 22.9 Å². The predicted octanol–water partition coefficient (Wildman–Crippen LogP) is 6.93. The van der Waals surface area contributed by atoms with Crippen LogP contribution in [0.2, 0.25) is 5.28 Å². The molecule has 1 fully saturated rings. The number of hydrogen-bond donors (Lipinski definition) is 0. The normalized spacial score (nSPS) is 17.6. The van der Waals surface area contributed by atoms with E-state index in [-0.39, 0.29) is 0 Å². The number of rotatable bonds is 4. The Balaban J connectivity index is 1.92. The summed E-state index contributed by atoms with van der Waals surface area (Å²) in [5.41, 5.74) is 3.91. The lowest BCUT2D eigenvalue weighted by atomic mass is 9.96. The van der Waals surface area contributed by atoms with Crippen LogP contribution in [0.1, 0.15) is 56.9 Å². The molecule has 28 heavy (non-hydrogen) atoms. The van der Waals surface area contributed by atoms with Gasteiger partial charge in [0.1, 0.15) is 10.6 Å². The van der Waals surface area contributed by atoms with E-state index in [0.29, 0.717) is 17.1 Å². The van der Waals surface area contributed by atoms with Crippen molar-refractivity contribution >= 4 is 39.0 Å². The van der Waals surface area contributed by atoms with Crippen molar-refractivity contribution in [3.8, 4) is 11.1 Å². The van der Waals surface area contributed by atoms with Gasteiger partial charge in [-0.05, 0) is 53.8 Å². The number of benzene rings is 1. The number of anilines is 1. The molecular formula is C23H28ClN3S. The Bertz CT molecular complexity index is 978. The molecule has 3 aromatic rings. The van der Waals surface area contributed by atoms with E-state index in [9.17, 15) is 0 Å². The molecular weight excluding hydrogens is 386 g/mol. The van der Waals surface area contributed by atoms with Gasteiger partial charge in [0.05, 0.1) is 5.39 Å². The van der Waals surface area contributed by atoms with Crippen LogP contribution in [0.3, 0.4) is 0 Å². The summed E-state index contributed by atoms with van der Waals surface area (Å²) in [7, 11) is 0. The number of thiophene rings is 1. The minimum absolute atomic E-state index is 0.353. The molecule has 1 aliphatic rings. The number of aryl methyl sites for hydroxylation is 1. The van der Waals surface area contributed by atoms with Gasteiger partial charge < -0.3 is 4.90 Å². The third kappa shape index (κ3) is 3.65. The largest absolute Gasteiger partial charge is 0.356 e. The first-order valence-corrected chi connectivity index (χ1v) is 11.5. The molecule has 0 N–H and O–H groups in total. The maximum Gasteiger partial charge on any atom is 0.225 e. The van der Waals surface area contributed by atoms with Gasteiger partial charge in [0, 0.05) is 23.5 Å². The molecule has 0 radical (unpaired) electrons. The second-order valence-corrected chi connectivity index (χ2v) is 9.64. The lowest BCUT2D eigenvalue weighted by Gasteiger charge is -2.32. The summed E-state index contributed by atoms with van der Waals surface area (Å²) in [5.74, 6) is 2.22. The molecule has 5 heteroatoms. The van der Waals surface area contributed by atoms with Crippen molar-refractivity contribution in [2.45, 2.75) is 52.9 Å². The molecule has 0 bridgehead atoms. The minimum Gasteiger partial charge on any atom is -0.356 e. The Morgan fingerprint density at radius 1 is 1.21 bits per heavy atom. The first-order valence-electron chi connectivity index (χ1n) is 10.3. The molecule has 1 unspecified atom stereocenters. The Labute approximate surface area is 176 Å². The fourth-order valence-electron chi connectivity index (χ4n) is 4.20. The molecule has 1 atom stereocenters. The van der Waals surface area contributed by atoms with E-state index in [4.69, 9.17) is 16.6 Å². The van der Waals surface area contributed by atoms with Gasteiger partial charge in [-0.1, -0.05) is 52.0 Å². The highest BCUT2D eigenvalue weighted by Gasteiger charge is 2.25. The van der Waals surface area contributed by atoms with Crippen molar-refractivity contribution in [2.75, 3.05) is 18.0 Å². The quantitative estimate of drug-likeness (QED) is 0.434. The Morgan fingerprint density at radius 3 is 2.61 bits per heavy atom. The van der Waals surface area contributed by atoms with Crippen LogP contribution in [0.15, 0.2) is 24.3 Å². The Hall–Kier alpha value is -1.65. The molecule has 3 heterocycles. The zero-order valence-electron chi connectivity index (χ0n) is 17.1. The summed E-state index contributed by atoms with van der Waals surface area (Å²) in [6.07, 6.45) is 3.47. The summed E-state index contributed by atoms with van der Waals surface area (Å²) in [5, 5.41) is 1.53. The highest BCUT2D eigenvalue weighted by atomic mass is 35.5. The number of fused-ring (bicyclic) bond motifs is 1. The van der Waals surface area contributed by atoms with Gasteiger partial charge in [-0.3, -0.25) is 0 Å². The van der Waals surface area contributed by atoms with E-state index >= 15 is 0 Å². The summed E-state index contributed by atoms with van der Waals surface area (Å²) in [6.45, 7) is 11.1. The molecule has 1 saturated heterocycles. The summed E-state index contributed by atoms with van der Waals surface area (Å²) >= 11 is 8.10. The van der Waals surface area contributed by atoms with Crippen molar-refractivity contribution in [1.29, 1.82) is 0 Å². The molecule has 0 saturated carbocycles. The van der Waals surface area contributed by atoms with Crippen molar-refractivity contribution in [3.63, 3.8) is 0 Å². The first-order chi connectivity index (χ1) is 13.5. The lowest BCUT2D eigenvalue weighted by molar-refractivity contribution is 0.445. The van der Waals surface area contributed by atoms with E-state index in [2.05, 4.69) is 61.8 Å². The topological polar surface area (TPSA) is 29.0 Å². The van der Waals surface area contributed by atoms with E-state index in [0.717, 1.165) is 30.2 Å². The molecule has 1 aromatic carbocycles. The zero-order valence-corrected chi connectivity index (χ0v) is 18.7. The first kappa shape index (κ1) is 19.7. The van der Waals surface area contributed by atoms with Gasteiger partial charge in [-0.15, -0.1) is 11.3 Å². The van der Waals surface area contributed by atoms with Crippen LogP contribution in [-0.2, 0) is 6.42 Å². The summed E-state index contributed by atoms with van der Waals surface area (Å²) < 4.78 is 0. The molecule has 2 aromatic heterocycles. The molecule has 148 valence electrons. The number of hydrogen-bond acceptors (Lipinski definition) is 4. The molecule has 0 spiro atoms. The third-order valence-electron chi connectivity index (χ3n) is 5.72. The second-order valence-electron chi connectivity index (χ2n) is 8.22. The average molecular weight is 414 g/mol. The van der Waals surface area contributed by atoms with Crippen LogP contribution < -0.4 is 4.90 Å². The number of piperidine rings is 1. The van der Waals surface area contributed by atoms with Crippen LogP contribution in [0.4, 0.5) is 5.82 Å². The SMILES string of the molecule is CCc1sc2nc(Cl)nc(N3CCCC(C)C3)c2c1-c1ccc(C(C)C)cc1. The van der Waals surface area contributed by atoms with Gasteiger partial charge in [0.25, 0.3) is 0 Å². The number of nitrogens with zero attached hydrogens (tertiary/aromatic N) is 3. The predicted molar refractivity (Wildman–Crippen MR) is 122 cm³/mol. The van der Waals surface area contributed by atoms with Gasteiger partial charge in [-0.25, -0.2) is 4.98 Å². The van der Waals surface area contributed by atoms with Gasteiger partial charge in [0.15, 0.2) is 0 Å². The van der Waals surface area contributed by atoms with Crippen molar-refractivity contribution in [3.05, 3.63) is 40.0 Å². The van der Waals surface area contributed by atoms with Gasteiger partial charge >= 0.3 is 0 Å². The molecule has 3 nitrogen and oxygen atoms in total. The smallest absolute Gasteiger partial charge is 0.225 e. The van der Waals surface area contributed by atoms with Crippen LogP contribution in [0.25, 0.3) is 21.3 Å². The lowest BCUT2D eigenvalue weighted by Crippen LogP contribution is -2.35. The van der Waals surface area contributed by atoms with E-state index in [1.165, 1.54) is 39.8 Å². The van der Waals surface area contributed by atoms with Crippen molar-refractivity contribution in [1.82, 2.24) is 9.97 Å². The third-order valence-corrected chi connectivity index (χ3v) is 7.12. The van der Waals surface area contributed by atoms with E-state index in [1.807, 2.05) is 0 Å². The monoisotopic (exact) mass is 413 g/mol. The van der Waals surface area contributed by atoms with E-state index in [1.54, 1.807) is 11.3 Å². The number of halogens is 1. The molecule has 0 aliphatic carbocycles. The fourth-order valence-corrected chi connectivity index (χ4v) is 5.54. The second kappa shape index (κ2) is 8.00. The maximum absolute atomic E-state index is 6.34. The zero-order chi connectivity index (χ0) is 19.8. The molecule has 0 amide bonds. The highest BCUT2D eigenvalue weighted by Crippen LogP contribution is 2.43. The Morgan fingerprint density at radius 2 is 1.96 bits per heavy atom. The fraction of sp³-hybridized carbons (Fsp3) is 0.478. The Kier molecular flexibility index (Phi) is 5.62. The van der Waals surface area contributed by atoms with Crippen LogP contribution in [0.5, 0.6) is 0 Å². The summed E-state index contributed by atoms with van der Waals surface area (Å²) in [6, 6.07) is 9.02. The highest BCUT2D eigenvalue weighted by molar-refractivity contribution is 7.19. The number of aromatic nitrogens is 2. The van der Waals surface area contributed by atoms with Crippen LogP contribution in [-0.4, -0.2) is 23.1 Å². The molecule has 1 aliphatic heterocycles. The maximum atomic E-state index is 6.34. The van der Waals surface area contributed by atoms with E-state index < -0.39 is 0 Å². The minimum atomic E-state index is 0.353. The summed E-state index contributed by atoms with van der Waals surface area (Å²) in [4.78, 5) is 14.1. The molecule has 4 rings (SSSR count). The van der Waals surface area contributed by atoms with Crippen molar-refractivity contribution < 1.29 is 0 Å². The van der Waals surface area contributed by atoms with Crippen LogP contribution in [0, 0.1) is 5.92 Å². The van der Waals surface area contributed by atoms with Crippen molar-refractivity contribution in [2.24, 2.45) is 5.92 Å². The standard InChI is InChI=1S/C23H28ClN3S/c1-5-18-19(17-10-8-16(9-11-17)14(2)3)20-21(25-23(24)26-22(20)28-18)27-12-6-7-15(4)13-27/h8-11,14-15H,5-7,12-13H2,1-4H3. The van der Waals surface area contributed by atoms with Gasteiger partial charge in [0.2, 0.25) is 5.28 Å². The van der Waals surface area contributed by atoms with Gasteiger partial charge in [-0.2, -0.15) is 4.98 Å². The average Bonchev–Trinajstić information content (AvgIpc) is 3.05.